The highest BCUT2D eigenvalue weighted by Gasteiger charge is 2.23. The second-order valence-electron chi connectivity index (χ2n) is 5.39. The van der Waals surface area contributed by atoms with E-state index in [1.54, 1.807) is 42.5 Å². The van der Waals surface area contributed by atoms with E-state index in [-0.39, 0.29) is 5.69 Å². The van der Waals surface area contributed by atoms with Gasteiger partial charge in [-0.25, -0.2) is 4.79 Å². The molecule has 1 aromatic heterocycles. The molecule has 8 heteroatoms. The Morgan fingerprint density at radius 1 is 1.04 bits per heavy atom. The highest BCUT2D eigenvalue weighted by molar-refractivity contribution is 6.10. The summed E-state index contributed by atoms with van der Waals surface area (Å²) < 4.78 is 0. The number of imidazole rings is 1. The van der Waals surface area contributed by atoms with Gasteiger partial charge in [-0.3, -0.25) is 9.59 Å². The van der Waals surface area contributed by atoms with Crippen LogP contribution in [0.2, 0.25) is 0 Å². The summed E-state index contributed by atoms with van der Waals surface area (Å²) in [5, 5.41) is 10.4. The van der Waals surface area contributed by atoms with Crippen molar-refractivity contribution in [2.45, 2.75) is 13.0 Å². The molecule has 1 amide bonds. The Labute approximate surface area is 142 Å². The van der Waals surface area contributed by atoms with E-state index < -0.39 is 17.7 Å². The Morgan fingerprint density at radius 2 is 1.76 bits per heavy atom. The van der Waals surface area contributed by atoms with Crippen molar-refractivity contribution in [2.75, 3.05) is 5.32 Å². The first-order chi connectivity index (χ1) is 12.0. The van der Waals surface area contributed by atoms with Crippen molar-refractivity contribution in [3.05, 3.63) is 59.0 Å². The van der Waals surface area contributed by atoms with Gasteiger partial charge in [-0.05, 0) is 37.3 Å². The Kier molecular flexibility index (Phi) is 4.51. The van der Waals surface area contributed by atoms with Gasteiger partial charge < -0.3 is 15.3 Å². The van der Waals surface area contributed by atoms with E-state index in [0.29, 0.717) is 22.4 Å². The van der Waals surface area contributed by atoms with Crippen LogP contribution in [0.4, 0.5) is 11.4 Å². The average Bonchev–Trinajstić information content (AvgIpc) is 2.95. The van der Waals surface area contributed by atoms with Crippen LogP contribution in [0.15, 0.2) is 63.6 Å². The van der Waals surface area contributed by atoms with Crippen molar-refractivity contribution < 1.29 is 9.59 Å². The van der Waals surface area contributed by atoms with Gasteiger partial charge in [0.05, 0.1) is 16.7 Å². The molecule has 1 atom stereocenters. The first-order valence-electron chi connectivity index (χ1n) is 7.52. The van der Waals surface area contributed by atoms with Gasteiger partial charge in [0.1, 0.15) is 0 Å². The minimum absolute atomic E-state index is 0.336. The molecule has 2 aromatic carbocycles. The zero-order valence-corrected chi connectivity index (χ0v) is 13.3. The van der Waals surface area contributed by atoms with E-state index in [0.717, 1.165) is 0 Å². The molecular formula is C17H15N5O3. The molecule has 0 aliphatic carbocycles. The summed E-state index contributed by atoms with van der Waals surface area (Å²) in [6, 6.07) is 12.4. The van der Waals surface area contributed by atoms with Crippen molar-refractivity contribution in [1.29, 1.82) is 0 Å². The first kappa shape index (κ1) is 16.3. The number of hydrogen-bond acceptors (Lipinski definition) is 5. The van der Waals surface area contributed by atoms with Gasteiger partial charge in [-0.15, -0.1) is 0 Å². The summed E-state index contributed by atoms with van der Waals surface area (Å²) in [5.41, 5.74) is 1.82. The third-order valence-electron chi connectivity index (χ3n) is 3.46. The lowest BCUT2D eigenvalue weighted by Crippen LogP contribution is -2.31. The highest BCUT2D eigenvalue weighted by Crippen LogP contribution is 2.16. The molecule has 1 heterocycles. The number of aromatic amines is 2. The number of hydrogen-bond donors (Lipinski definition) is 3. The fourth-order valence-electron chi connectivity index (χ4n) is 2.26. The summed E-state index contributed by atoms with van der Waals surface area (Å²) in [7, 11) is 0. The van der Waals surface area contributed by atoms with E-state index in [9.17, 15) is 14.4 Å². The number of rotatable bonds is 5. The molecule has 0 aliphatic rings. The Bertz CT molecular complexity index is 1000. The quantitative estimate of drug-likeness (QED) is 0.490. The number of nitrogens with one attached hydrogen (secondary N) is 3. The lowest BCUT2D eigenvalue weighted by atomic mass is 10.2. The molecule has 0 spiro atoms. The predicted octanol–water partition coefficient (Wildman–Crippen LogP) is 2.54. The number of fused-ring (bicyclic) bond motifs is 1. The summed E-state index contributed by atoms with van der Waals surface area (Å²) in [6.45, 7) is 1.28. The van der Waals surface area contributed by atoms with Gasteiger partial charge in [0.2, 0.25) is 6.04 Å². The number of carbonyl (C=O) groups excluding carboxylic acids is 2. The van der Waals surface area contributed by atoms with Gasteiger partial charge in [0, 0.05) is 5.69 Å². The summed E-state index contributed by atoms with van der Waals surface area (Å²) in [6.07, 6.45) is 0. The number of nitrogens with zero attached hydrogens (tertiary/aromatic N) is 2. The van der Waals surface area contributed by atoms with Crippen LogP contribution in [0.25, 0.3) is 11.0 Å². The van der Waals surface area contributed by atoms with E-state index in [4.69, 9.17) is 0 Å². The molecule has 0 fully saturated rings. The third-order valence-corrected chi connectivity index (χ3v) is 3.46. The van der Waals surface area contributed by atoms with Crippen molar-refractivity contribution in [1.82, 2.24) is 9.97 Å². The van der Waals surface area contributed by atoms with Gasteiger partial charge in [-0.1, -0.05) is 18.2 Å². The van der Waals surface area contributed by atoms with Crippen molar-refractivity contribution in [2.24, 2.45) is 10.2 Å². The largest absolute Gasteiger partial charge is 0.324 e. The average molecular weight is 337 g/mol. The Balaban J connectivity index is 1.78. The van der Waals surface area contributed by atoms with Crippen LogP contribution in [0, 0.1) is 0 Å². The smallest absolute Gasteiger partial charge is 0.323 e. The molecule has 0 radical (unpaired) electrons. The zero-order chi connectivity index (χ0) is 17.8. The second kappa shape index (κ2) is 6.91. The number of H-pyrrole nitrogens is 2. The Morgan fingerprint density at radius 3 is 2.48 bits per heavy atom. The lowest BCUT2D eigenvalue weighted by Gasteiger charge is -2.09. The number of amides is 1. The van der Waals surface area contributed by atoms with E-state index >= 15 is 0 Å². The molecule has 126 valence electrons. The van der Waals surface area contributed by atoms with Gasteiger partial charge in [0.25, 0.3) is 5.91 Å². The van der Waals surface area contributed by atoms with Crippen LogP contribution in [0.5, 0.6) is 0 Å². The molecular weight excluding hydrogens is 322 g/mol. The molecule has 8 nitrogen and oxygen atoms in total. The lowest BCUT2D eigenvalue weighted by molar-refractivity contribution is -0.126. The van der Waals surface area contributed by atoms with Crippen LogP contribution in [-0.4, -0.2) is 27.7 Å². The van der Waals surface area contributed by atoms with Crippen molar-refractivity contribution in [3.8, 4) is 0 Å². The standard InChI is InChI=1S/C17H15N5O3/c1-10(23)15(22-21-11-5-3-2-4-6-11)16(24)18-12-7-8-13-14(9-12)20-17(25)19-13/h2-9,15H,1H3,(H,18,24)(H2,19,20,25). The monoisotopic (exact) mass is 337 g/mol. The molecule has 0 aliphatic heterocycles. The topological polar surface area (TPSA) is 120 Å². The number of benzene rings is 2. The zero-order valence-electron chi connectivity index (χ0n) is 13.3. The molecule has 0 saturated heterocycles. The number of anilines is 1. The second-order valence-corrected chi connectivity index (χ2v) is 5.39. The van der Waals surface area contributed by atoms with E-state index in [1.165, 1.54) is 6.92 Å². The maximum atomic E-state index is 12.4. The normalized spacial score (nSPS) is 12.4. The van der Waals surface area contributed by atoms with Gasteiger partial charge in [0.15, 0.2) is 5.78 Å². The summed E-state index contributed by atoms with van der Waals surface area (Å²) in [4.78, 5) is 40.6. The van der Waals surface area contributed by atoms with Crippen LogP contribution in [0.1, 0.15) is 6.92 Å². The number of ketones is 1. The van der Waals surface area contributed by atoms with Gasteiger partial charge in [-0.2, -0.15) is 10.2 Å². The Hall–Kier alpha value is -3.55. The summed E-state index contributed by atoms with van der Waals surface area (Å²) >= 11 is 0. The fraction of sp³-hybridized carbons (Fsp3) is 0.118. The van der Waals surface area contributed by atoms with Gasteiger partial charge >= 0.3 is 5.69 Å². The van der Waals surface area contributed by atoms with Crippen molar-refractivity contribution in [3.63, 3.8) is 0 Å². The minimum atomic E-state index is -1.25. The van der Waals surface area contributed by atoms with Crippen LogP contribution in [0.3, 0.4) is 0 Å². The van der Waals surface area contributed by atoms with Crippen LogP contribution < -0.4 is 11.0 Å². The number of aromatic nitrogens is 2. The van der Waals surface area contributed by atoms with Crippen LogP contribution in [-0.2, 0) is 9.59 Å². The number of Topliss-reactive ketones (excluding diaryl/α,β-unsaturated/α-hetero) is 1. The molecule has 3 aromatic rings. The number of carbonyl (C=O) groups is 2. The molecule has 0 saturated carbocycles. The molecule has 25 heavy (non-hydrogen) atoms. The molecule has 3 N–H and O–H groups in total. The molecule has 1 unspecified atom stereocenters. The summed E-state index contributed by atoms with van der Waals surface area (Å²) in [5.74, 6) is -1.02. The molecule has 0 bridgehead atoms. The third kappa shape index (κ3) is 3.86. The highest BCUT2D eigenvalue weighted by atomic mass is 16.2. The SMILES string of the molecule is CC(=O)C(N=Nc1ccccc1)C(=O)Nc1ccc2[nH]c(=O)[nH]c2c1. The predicted molar refractivity (Wildman–Crippen MR) is 93.0 cm³/mol. The minimum Gasteiger partial charge on any atom is -0.324 e. The maximum Gasteiger partial charge on any atom is 0.323 e. The van der Waals surface area contributed by atoms with E-state index in [2.05, 4.69) is 25.5 Å². The van der Waals surface area contributed by atoms with Crippen molar-refractivity contribution >= 4 is 34.1 Å². The number of azo groups is 1. The van der Waals surface area contributed by atoms with Crippen LogP contribution >= 0.6 is 0 Å². The fourth-order valence-corrected chi connectivity index (χ4v) is 2.26. The molecule has 3 rings (SSSR count). The first-order valence-corrected chi connectivity index (χ1v) is 7.52. The van der Waals surface area contributed by atoms with E-state index in [1.807, 2.05) is 6.07 Å². The maximum absolute atomic E-state index is 12.4.